The fourth-order valence-electron chi connectivity index (χ4n) is 4.96. The van der Waals surface area contributed by atoms with Crippen molar-refractivity contribution < 1.29 is 9.53 Å². The van der Waals surface area contributed by atoms with Crippen LogP contribution in [0.3, 0.4) is 0 Å². The Bertz CT molecular complexity index is 1620. The summed E-state index contributed by atoms with van der Waals surface area (Å²) in [6.45, 7) is 4.25. The van der Waals surface area contributed by atoms with Gasteiger partial charge in [0.15, 0.2) is 0 Å². The van der Waals surface area contributed by atoms with Crippen molar-refractivity contribution >= 4 is 33.4 Å². The number of carbonyl (C=O) groups excluding carboxylic acids is 1. The van der Waals surface area contributed by atoms with Crippen molar-refractivity contribution in [2.24, 2.45) is 5.73 Å². The van der Waals surface area contributed by atoms with Gasteiger partial charge in [0.2, 0.25) is 5.91 Å². The molecular weight excluding hydrogens is 512 g/mol. The van der Waals surface area contributed by atoms with E-state index < -0.39 is 5.91 Å². The van der Waals surface area contributed by atoms with Gasteiger partial charge < -0.3 is 26.4 Å². The van der Waals surface area contributed by atoms with Crippen LogP contribution in [-0.2, 0) is 6.54 Å². The fraction of sp³-hybridized carbons (Fsp3) is 0.242. The van der Waals surface area contributed by atoms with E-state index in [9.17, 15) is 4.79 Å². The molecular formula is C33H36N6O2. The predicted octanol–water partition coefficient (Wildman–Crippen LogP) is 5.13. The maximum atomic E-state index is 11.6. The van der Waals surface area contributed by atoms with Gasteiger partial charge in [-0.15, -0.1) is 0 Å². The molecule has 2 aromatic heterocycles. The number of pyridine rings is 2. The van der Waals surface area contributed by atoms with Gasteiger partial charge >= 0.3 is 0 Å². The number of primary amides is 1. The molecule has 8 nitrogen and oxygen atoms in total. The molecule has 8 heteroatoms. The lowest BCUT2D eigenvalue weighted by atomic mass is 10.0. The number of aromatic nitrogens is 2. The van der Waals surface area contributed by atoms with Crippen LogP contribution >= 0.6 is 0 Å². The Morgan fingerprint density at radius 2 is 1.68 bits per heavy atom. The van der Waals surface area contributed by atoms with Crippen molar-refractivity contribution in [3.8, 4) is 16.9 Å². The number of nitrogens with one attached hydrogen (secondary N) is 3. The van der Waals surface area contributed by atoms with E-state index >= 15 is 0 Å². The average molecular weight is 549 g/mol. The van der Waals surface area contributed by atoms with Crippen molar-refractivity contribution in [1.82, 2.24) is 20.6 Å². The van der Waals surface area contributed by atoms with E-state index in [-0.39, 0.29) is 0 Å². The van der Waals surface area contributed by atoms with Crippen LogP contribution in [0.2, 0.25) is 0 Å². The second-order valence-electron chi connectivity index (χ2n) is 9.94. The first-order chi connectivity index (χ1) is 20.1. The number of hydrogen-bond acceptors (Lipinski definition) is 7. The summed E-state index contributed by atoms with van der Waals surface area (Å²) in [6.07, 6.45) is 5.77. The molecule has 0 unspecified atom stereocenters. The van der Waals surface area contributed by atoms with Gasteiger partial charge in [0.1, 0.15) is 11.6 Å². The number of unbranched alkanes of at least 4 members (excludes halogenated alkanes) is 1. The van der Waals surface area contributed by atoms with Crippen molar-refractivity contribution in [3.05, 3.63) is 96.3 Å². The lowest BCUT2D eigenvalue weighted by Gasteiger charge is -2.13. The zero-order valence-electron chi connectivity index (χ0n) is 23.3. The van der Waals surface area contributed by atoms with Crippen LogP contribution in [0.1, 0.15) is 28.8 Å². The molecule has 0 atom stereocenters. The second kappa shape index (κ2) is 13.7. The summed E-state index contributed by atoms with van der Waals surface area (Å²) in [5.74, 6) is 1.20. The largest absolute Gasteiger partial charge is 0.496 e. The Hall–Kier alpha value is -4.53. The minimum absolute atomic E-state index is 0.441. The predicted molar refractivity (Wildman–Crippen MR) is 166 cm³/mol. The molecule has 1 amide bonds. The van der Waals surface area contributed by atoms with Gasteiger partial charge in [-0.1, -0.05) is 48.5 Å². The Morgan fingerprint density at radius 3 is 2.49 bits per heavy atom. The summed E-state index contributed by atoms with van der Waals surface area (Å²) in [4.78, 5) is 20.7. The third kappa shape index (κ3) is 6.98. The van der Waals surface area contributed by atoms with Crippen LogP contribution < -0.4 is 26.4 Å². The van der Waals surface area contributed by atoms with Gasteiger partial charge in [0, 0.05) is 59.3 Å². The van der Waals surface area contributed by atoms with E-state index in [0.29, 0.717) is 5.56 Å². The van der Waals surface area contributed by atoms with E-state index in [4.69, 9.17) is 15.5 Å². The number of amides is 1. The van der Waals surface area contributed by atoms with Crippen molar-refractivity contribution in [2.75, 3.05) is 38.6 Å². The maximum absolute atomic E-state index is 11.6. The van der Waals surface area contributed by atoms with Gasteiger partial charge in [0.05, 0.1) is 12.6 Å². The van der Waals surface area contributed by atoms with Gasteiger partial charge in [0.25, 0.3) is 0 Å². The lowest BCUT2D eigenvalue weighted by molar-refractivity contribution is 0.100. The number of rotatable bonds is 14. The minimum atomic E-state index is -0.466. The fourth-order valence-corrected chi connectivity index (χ4v) is 4.96. The normalized spacial score (nSPS) is 11.1. The SMILES string of the molecule is COc1cc(CNCCCCNCCNc2nc3cc(C(N)=O)ccc3c3cnccc23)ccc1-c1ccccc1. The molecule has 0 aliphatic carbocycles. The Kier molecular flexibility index (Phi) is 9.36. The Labute approximate surface area is 240 Å². The summed E-state index contributed by atoms with van der Waals surface area (Å²) in [5.41, 5.74) is 10.1. The standard InChI is InChI=1S/C33H36N6O2/c1-41-31-19-23(9-11-26(31)24-7-3-2-4-8-24)21-36-15-6-5-14-35-17-18-38-33-28-13-16-37-22-29(28)27-12-10-25(32(34)40)20-30(27)39-33/h2-4,7-13,16,19-20,22,35-36H,5-6,14-15,17-18,21H2,1H3,(H2,34,40)(H,38,39). The van der Waals surface area contributed by atoms with E-state index in [1.807, 2.05) is 36.5 Å². The monoisotopic (exact) mass is 548 g/mol. The second-order valence-corrected chi connectivity index (χ2v) is 9.94. The molecule has 0 fully saturated rings. The summed E-state index contributed by atoms with van der Waals surface area (Å²) in [7, 11) is 1.72. The quantitative estimate of drug-likeness (QED) is 0.112. The number of anilines is 1. The van der Waals surface area contributed by atoms with Gasteiger partial charge in [-0.05, 0) is 61.3 Å². The highest BCUT2D eigenvalue weighted by Gasteiger charge is 2.11. The first-order valence-corrected chi connectivity index (χ1v) is 14.0. The molecule has 0 saturated carbocycles. The van der Waals surface area contributed by atoms with Gasteiger partial charge in [-0.3, -0.25) is 9.78 Å². The molecule has 3 aromatic carbocycles. The molecule has 0 radical (unpaired) electrons. The molecule has 5 aromatic rings. The Morgan fingerprint density at radius 1 is 0.854 bits per heavy atom. The minimum Gasteiger partial charge on any atom is -0.496 e. The number of benzene rings is 3. The van der Waals surface area contributed by atoms with Crippen LogP contribution in [0.15, 0.2) is 85.2 Å². The summed E-state index contributed by atoms with van der Waals surface area (Å²) >= 11 is 0. The van der Waals surface area contributed by atoms with E-state index in [1.54, 1.807) is 25.4 Å². The van der Waals surface area contributed by atoms with Crippen LogP contribution in [-0.4, -0.2) is 49.2 Å². The van der Waals surface area contributed by atoms with Crippen molar-refractivity contribution in [2.45, 2.75) is 19.4 Å². The van der Waals surface area contributed by atoms with Crippen molar-refractivity contribution in [1.29, 1.82) is 0 Å². The van der Waals surface area contributed by atoms with E-state index in [1.165, 1.54) is 5.56 Å². The molecule has 5 N–H and O–H groups in total. The molecule has 0 spiro atoms. The Balaban J connectivity index is 1.03. The van der Waals surface area contributed by atoms with Crippen molar-refractivity contribution in [3.63, 3.8) is 0 Å². The number of carbonyl (C=O) groups is 1. The zero-order chi connectivity index (χ0) is 28.4. The molecule has 41 heavy (non-hydrogen) atoms. The molecule has 0 aliphatic heterocycles. The van der Waals surface area contributed by atoms with Crippen LogP contribution in [0.4, 0.5) is 5.82 Å². The molecule has 2 heterocycles. The zero-order valence-corrected chi connectivity index (χ0v) is 23.3. The number of fused-ring (bicyclic) bond motifs is 3. The smallest absolute Gasteiger partial charge is 0.248 e. The first kappa shape index (κ1) is 28.0. The third-order valence-electron chi connectivity index (χ3n) is 7.11. The third-order valence-corrected chi connectivity index (χ3v) is 7.11. The number of nitrogens with zero attached hydrogens (tertiary/aromatic N) is 2. The van der Waals surface area contributed by atoms with E-state index in [0.717, 1.165) is 89.9 Å². The molecule has 0 saturated heterocycles. The summed E-state index contributed by atoms with van der Waals surface area (Å²) in [6, 6.07) is 24.0. The molecule has 5 rings (SSSR count). The number of methoxy groups -OCH3 is 1. The highest BCUT2D eigenvalue weighted by molar-refractivity contribution is 6.11. The summed E-state index contributed by atoms with van der Waals surface area (Å²) < 4.78 is 5.65. The van der Waals surface area contributed by atoms with Crippen LogP contribution in [0.5, 0.6) is 5.75 Å². The molecule has 210 valence electrons. The van der Waals surface area contributed by atoms with Crippen LogP contribution in [0.25, 0.3) is 32.8 Å². The average Bonchev–Trinajstić information content (AvgIpc) is 3.01. The number of nitrogens with two attached hydrogens (primary N) is 1. The van der Waals surface area contributed by atoms with Gasteiger partial charge in [-0.2, -0.15) is 0 Å². The lowest BCUT2D eigenvalue weighted by Crippen LogP contribution is -2.24. The summed E-state index contributed by atoms with van der Waals surface area (Å²) in [5, 5.41) is 13.4. The topological polar surface area (TPSA) is 114 Å². The van der Waals surface area contributed by atoms with Crippen LogP contribution in [0, 0.1) is 0 Å². The maximum Gasteiger partial charge on any atom is 0.248 e. The molecule has 0 bridgehead atoms. The van der Waals surface area contributed by atoms with Gasteiger partial charge in [-0.25, -0.2) is 4.98 Å². The van der Waals surface area contributed by atoms with E-state index in [2.05, 4.69) is 51.3 Å². The molecule has 0 aliphatic rings. The number of hydrogen-bond donors (Lipinski definition) is 4. The highest BCUT2D eigenvalue weighted by atomic mass is 16.5. The first-order valence-electron chi connectivity index (χ1n) is 14.0. The number of ether oxygens (including phenoxy) is 1. The highest BCUT2D eigenvalue weighted by Crippen LogP contribution is 2.31.